The van der Waals surface area contributed by atoms with Crippen LogP contribution in [0.5, 0.6) is 0 Å². The first kappa shape index (κ1) is 13.4. The van der Waals surface area contributed by atoms with E-state index >= 15 is 0 Å². The number of aromatic nitrogens is 6. The number of hydrogen-bond donors (Lipinski definition) is 0. The third kappa shape index (κ3) is 2.65. The van der Waals surface area contributed by atoms with E-state index in [2.05, 4.69) is 25.5 Å². The van der Waals surface area contributed by atoms with Crippen LogP contribution in [-0.4, -0.2) is 30.2 Å². The maximum Gasteiger partial charge on any atom is 0.200 e. The van der Waals surface area contributed by atoms with Gasteiger partial charge in [-0.3, -0.25) is 4.98 Å². The molecular weight excluding hydrogens is 264 g/mol. The van der Waals surface area contributed by atoms with Crippen molar-refractivity contribution in [2.24, 2.45) is 0 Å². The molecule has 0 atom stereocenters. The third-order valence-corrected chi connectivity index (χ3v) is 3.21. The second kappa shape index (κ2) is 5.40. The van der Waals surface area contributed by atoms with Gasteiger partial charge in [-0.15, -0.1) is 5.10 Å². The highest BCUT2D eigenvalue weighted by Gasteiger charge is 2.12. The Bertz CT molecular complexity index is 777. The molecule has 3 rings (SSSR count). The Morgan fingerprint density at radius 3 is 2.52 bits per heavy atom. The minimum absolute atomic E-state index is 0.676. The first-order valence-electron chi connectivity index (χ1n) is 6.85. The van der Waals surface area contributed by atoms with Gasteiger partial charge >= 0.3 is 0 Å². The van der Waals surface area contributed by atoms with Gasteiger partial charge in [0.1, 0.15) is 5.69 Å². The molecule has 3 aromatic rings. The molecular formula is C15H16N6. The fourth-order valence-corrected chi connectivity index (χ4v) is 2.19. The number of hydrogen-bond acceptors (Lipinski definition) is 5. The lowest BCUT2D eigenvalue weighted by Crippen LogP contribution is -2.02. The molecule has 0 bridgehead atoms. The molecule has 106 valence electrons. The molecule has 0 N–H and O–H groups in total. The van der Waals surface area contributed by atoms with Gasteiger partial charge in [0.05, 0.1) is 11.4 Å². The van der Waals surface area contributed by atoms with Crippen molar-refractivity contribution in [3.8, 4) is 22.9 Å². The van der Waals surface area contributed by atoms with Crippen molar-refractivity contribution in [2.75, 3.05) is 0 Å². The molecule has 21 heavy (non-hydrogen) atoms. The average Bonchev–Trinajstić information content (AvgIpc) is 2.95. The highest BCUT2D eigenvalue weighted by atomic mass is 15.5. The van der Waals surface area contributed by atoms with Gasteiger partial charge in [-0.1, -0.05) is 0 Å². The van der Waals surface area contributed by atoms with Crippen molar-refractivity contribution in [1.29, 1.82) is 0 Å². The van der Waals surface area contributed by atoms with E-state index < -0.39 is 0 Å². The van der Waals surface area contributed by atoms with Crippen LogP contribution in [0.1, 0.15) is 18.1 Å². The Morgan fingerprint density at radius 1 is 1.00 bits per heavy atom. The normalized spacial score (nSPS) is 10.8. The van der Waals surface area contributed by atoms with E-state index in [1.165, 1.54) is 0 Å². The molecule has 0 fully saturated rings. The van der Waals surface area contributed by atoms with E-state index in [4.69, 9.17) is 0 Å². The highest BCUT2D eigenvalue weighted by molar-refractivity contribution is 5.61. The number of nitrogens with zero attached hydrogens (tertiary/aromatic N) is 6. The summed E-state index contributed by atoms with van der Waals surface area (Å²) in [7, 11) is 0. The van der Waals surface area contributed by atoms with Crippen molar-refractivity contribution in [3.05, 3.63) is 41.6 Å². The summed E-state index contributed by atoms with van der Waals surface area (Å²) in [5.41, 5.74) is 4.71. The molecule has 0 aromatic carbocycles. The maximum absolute atomic E-state index is 4.67. The van der Waals surface area contributed by atoms with E-state index in [-0.39, 0.29) is 0 Å². The first-order chi connectivity index (χ1) is 10.2. The number of tetrazole rings is 1. The predicted molar refractivity (Wildman–Crippen MR) is 79.4 cm³/mol. The van der Waals surface area contributed by atoms with E-state index in [0.29, 0.717) is 12.4 Å². The van der Waals surface area contributed by atoms with Gasteiger partial charge in [0, 0.05) is 12.7 Å². The molecule has 0 unspecified atom stereocenters. The van der Waals surface area contributed by atoms with Crippen molar-refractivity contribution in [2.45, 2.75) is 27.3 Å². The van der Waals surface area contributed by atoms with Crippen LogP contribution in [-0.2, 0) is 6.54 Å². The van der Waals surface area contributed by atoms with Crippen LogP contribution in [0.4, 0.5) is 0 Å². The fourth-order valence-electron chi connectivity index (χ4n) is 2.19. The Hall–Kier alpha value is -2.63. The zero-order valence-corrected chi connectivity index (χ0v) is 12.3. The maximum atomic E-state index is 4.67. The summed E-state index contributed by atoms with van der Waals surface area (Å²) >= 11 is 0. The Labute approximate surface area is 122 Å². The van der Waals surface area contributed by atoms with Gasteiger partial charge in [-0.05, 0) is 66.6 Å². The SMILES string of the molecule is CCn1nnnc1-c1cc(C)cc(-c2cc(C)ccn2)n1. The summed E-state index contributed by atoms with van der Waals surface area (Å²) in [5.74, 6) is 0.676. The summed E-state index contributed by atoms with van der Waals surface area (Å²) in [5, 5.41) is 11.7. The minimum atomic E-state index is 0.676. The molecule has 3 aromatic heterocycles. The van der Waals surface area contributed by atoms with Gasteiger partial charge in [-0.25, -0.2) is 9.67 Å². The monoisotopic (exact) mass is 280 g/mol. The van der Waals surface area contributed by atoms with Gasteiger partial charge in [-0.2, -0.15) is 0 Å². The van der Waals surface area contributed by atoms with Crippen LogP contribution in [0, 0.1) is 13.8 Å². The van der Waals surface area contributed by atoms with Crippen LogP contribution in [0.3, 0.4) is 0 Å². The van der Waals surface area contributed by atoms with Crippen LogP contribution >= 0.6 is 0 Å². The van der Waals surface area contributed by atoms with E-state index in [0.717, 1.165) is 28.2 Å². The van der Waals surface area contributed by atoms with Crippen LogP contribution in [0.15, 0.2) is 30.5 Å². The van der Waals surface area contributed by atoms with Crippen molar-refractivity contribution < 1.29 is 0 Å². The van der Waals surface area contributed by atoms with Gasteiger partial charge in [0.15, 0.2) is 0 Å². The van der Waals surface area contributed by atoms with Crippen LogP contribution < -0.4 is 0 Å². The van der Waals surface area contributed by atoms with E-state index in [1.54, 1.807) is 10.9 Å². The molecule has 0 amide bonds. The van der Waals surface area contributed by atoms with E-state index in [1.807, 2.05) is 45.0 Å². The highest BCUT2D eigenvalue weighted by Crippen LogP contribution is 2.22. The Morgan fingerprint density at radius 2 is 1.76 bits per heavy atom. The topological polar surface area (TPSA) is 69.4 Å². The molecule has 0 radical (unpaired) electrons. The van der Waals surface area contributed by atoms with Crippen LogP contribution in [0.2, 0.25) is 0 Å². The van der Waals surface area contributed by atoms with Crippen molar-refractivity contribution in [3.63, 3.8) is 0 Å². The molecule has 0 saturated heterocycles. The summed E-state index contributed by atoms with van der Waals surface area (Å²) in [4.78, 5) is 9.07. The largest absolute Gasteiger partial charge is 0.255 e. The molecule has 0 aliphatic heterocycles. The summed E-state index contributed by atoms with van der Waals surface area (Å²) < 4.78 is 1.73. The lowest BCUT2D eigenvalue weighted by atomic mass is 10.1. The number of aryl methyl sites for hydroxylation is 3. The second-order valence-electron chi connectivity index (χ2n) is 4.95. The standard InChI is InChI=1S/C15H16N6/c1-4-21-15(18-19-20-21)14-9-11(3)8-13(17-14)12-7-10(2)5-6-16-12/h5-9H,4H2,1-3H3. The van der Waals surface area contributed by atoms with Crippen LogP contribution in [0.25, 0.3) is 22.9 Å². The van der Waals surface area contributed by atoms with Gasteiger partial charge in [0.25, 0.3) is 0 Å². The third-order valence-electron chi connectivity index (χ3n) is 3.21. The number of rotatable bonds is 3. The molecule has 0 aliphatic rings. The summed E-state index contributed by atoms with van der Waals surface area (Å²) in [6, 6.07) is 7.99. The summed E-state index contributed by atoms with van der Waals surface area (Å²) in [6.07, 6.45) is 1.80. The first-order valence-corrected chi connectivity index (χ1v) is 6.85. The zero-order chi connectivity index (χ0) is 14.8. The number of pyridine rings is 2. The second-order valence-corrected chi connectivity index (χ2v) is 4.95. The smallest absolute Gasteiger partial charge is 0.200 e. The lowest BCUT2D eigenvalue weighted by Gasteiger charge is -2.06. The average molecular weight is 280 g/mol. The van der Waals surface area contributed by atoms with Gasteiger partial charge < -0.3 is 0 Å². The lowest BCUT2D eigenvalue weighted by molar-refractivity contribution is 0.630. The molecule has 3 heterocycles. The molecule has 6 nitrogen and oxygen atoms in total. The Kier molecular flexibility index (Phi) is 3.43. The molecule has 0 saturated carbocycles. The minimum Gasteiger partial charge on any atom is -0.255 e. The fraction of sp³-hybridized carbons (Fsp3) is 0.267. The van der Waals surface area contributed by atoms with E-state index in [9.17, 15) is 0 Å². The molecule has 0 aliphatic carbocycles. The quantitative estimate of drug-likeness (QED) is 0.737. The molecule has 0 spiro atoms. The van der Waals surface area contributed by atoms with Gasteiger partial charge in [0.2, 0.25) is 5.82 Å². The predicted octanol–water partition coefficient (Wildman–Crippen LogP) is 2.43. The summed E-state index contributed by atoms with van der Waals surface area (Å²) in [6.45, 7) is 6.78. The molecule has 6 heteroatoms. The van der Waals surface area contributed by atoms with Crippen molar-refractivity contribution in [1.82, 2.24) is 30.2 Å². The zero-order valence-electron chi connectivity index (χ0n) is 12.3. The van der Waals surface area contributed by atoms with Crippen molar-refractivity contribution >= 4 is 0 Å². The Balaban J connectivity index is 2.13.